The highest BCUT2D eigenvalue weighted by atomic mass is 35.5. The van der Waals surface area contributed by atoms with Gasteiger partial charge >= 0.3 is 0 Å². The highest BCUT2D eigenvalue weighted by Gasteiger charge is 2.35. The van der Waals surface area contributed by atoms with Gasteiger partial charge in [-0.1, -0.05) is 29.3 Å². The molecule has 2 unspecified atom stereocenters. The van der Waals surface area contributed by atoms with E-state index in [1.165, 1.54) is 31.2 Å². The summed E-state index contributed by atoms with van der Waals surface area (Å²) in [6, 6.07) is 6.42. The fraction of sp³-hybridized carbons (Fsp3) is 0.118. The van der Waals surface area contributed by atoms with Crippen molar-refractivity contribution in [3.8, 4) is 0 Å². The third-order valence-corrected chi connectivity index (χ3v) is 6.68. The van der Waals surface area contributed by atoms with Crippen LogP contribution in [-0.2, 0) is 24.7 Å². The average Bonchev–Trinajstić information content (AvgIpc) is 2.95. The third kappa shape index (κ3) is 4.95. The lowest BCUT2D eigenvalue weighted by Crippen LogP contribution is -2.29. The molecule has 2 atom stereocenters. The zero-order valence-electron chi connectivity index (χ0n) is 15.6. The molecule has 31 heavy (non-hydrogen) atoms. The first kappa shape index (κ1) is 23.3. The molecule has 164 valence electrons. The van der Waals surface area contributed by atoms with Gasteiger partial charge in [-0.2, -0.15) is 28.8 Å². The minimum atomic E-state index is -4.70. The Kier molecular flexibility index (Phi) is 6.24. The van der Waals surface area contributed by atoms with Crippen molar-refractivity contribution >= 4 is 72.0 Å². The topological polar surface area (TPSA) is 149 Å². The maximum Gasteiger partial charge on any atom is 0.296 e. The number of amides is 1. The molecule has 1 amide bonds. The smallest absolute Gasteiger partial charge is 0.296 e. The summed E-state index contributed by atoms with van der Waals surface area (Å²) in [6.07, 6.45) is 0. The van der Waals surface area contributed by atoms with Crippen LogP contribution in [-0.4, -0.2) is 45.3 Å². The van der Waals surface area contributed by atoms with Crippen molar-refractivity contribution in [3.05, 3.63) is 46.4 Å². The number of azo groups is 1. The van der Waals surface area contributed by atoms with Crippen molar-refractivity contribution < 1.29 is 26.5 Å². The van der Waals surface area contributed by atoms with E-state index in [1.807, 2.05) is 0 Å². The number of nitrogens with zero attached hydrogens (tertiary/aromatic N) is 4. The van der Waals surface area contributed by atoms with Crippen LogP contribution in [0.4, 0.5) is 11.4 Å². The van der Waals surface area contributed by atoms with Crippen molar-refractivity contribution in [2.75, 3.05) is 5.01 Å². The molecule has 0 spiro atoms. The number of hydrogen-bond donors (Lipinski definition) is 2. The lowest BCUT2D eigenvalue weighted by Gasteiger charge is -2.14. The summed E-state index contributed by atoms with van der Waals surface area (Å²) in [5, 5.41) is 12.5. The van der Waals surface area contributed by atoms with Crippen LogP contribution in [0.1, 0.15) is 6.92 Å². The maximum absolute atomic E-state index is 12.8. The normalized spacial score (nSPS) is 19.0. The van der Waals surface area contributed by atoms with E-state index >= 15 is 0 Å². The average molecular weight is 505 g/mol. The standard InChI is InChI=1S/C17H14Cl2N4O6S2/c1-9-16(21-20-14-7-12(18)13(19)8-15(14)31(27,28)29)17(24)23(22-9)10-4-3-5-11(6-10)30(2,25)26/h3-8,16H,2H2,1H3,(H,25,26)(H,27,28,29). The van der Waals surface area contributed by atoms with Crippen molar-refractivity contribution in [1.82, 2.24) is 0 Å². The molecule has 0 bridgehead atoms. The van der Waals surface area contributed by atoms with Crippen LogP contribution in [0.2, 0.25) is 10.0 Å². The van der Waals surface area contributed by atoms with Crippen LogP contribution in [0.3, 0.4) is 0 Å². The molecule has 2 aromatic carbocycles. The van der Waals surface area contributed by atoms with E-state index in [0.29, 0.717) is 0 Å². The number of hydrogen-bond acceptors (Lipinski definition) is 7. The van der Waals surface area contributed by atoms with E-state index < -0.39 is 36.8 Å². The molecule has 14 heteroatoms. The SMILES string of the molecule is C=S(=O)(O)c1cccc(N2N=C(C)C(N=Nc3cc(Cl)c(Cl)cc3S(=O)(=O)O)C2=O)c1. The van der Waals surface area contributed by atoms with Crippen molar-refractivity contribution in [2.24, 2.45) is 15.3 Å². The fourth-order valence-electron chi connectivity index (χ4n) is 2.61. The molecule has 0 saturated carbocycles. The summed E-state index contributed by atoms with van der Waals surface area (Å²) in [6.45, 7) is 1.50. The van der Waals surface area contributed by atoms with Crippen LogP contribution >= 0.6 is 23.2 Å². The van der Waals surface area contributed by atoms with Gasteiger partial charge in [-0.3, -0.25) is 9.35 Å². The van der Waals surface area contributed by atoms with Crippen molar-refractivity contribution in [2.45, 2.75) is 22.8 Å². The van der Waals surface area contributed by atoms with Crippen LogP contribution in [0, 0.1) is 0 Å². The van der Waals surface area contributed by atoms with Crippen LogP contribution < -0.4 is 5.01 Å². The van der Waals surface area contributed by atoms with E-state index in [0.717, 1.165) is 17.1 Å². The summed E-state index contributed by atoms with van der Waals surface area (Å²) >= 11 is 11.7. The Hall–Kier alpha value is -2.35. The van der Waals surface area contributed by atoms with Crippen molar-refractivity contribution in [3.63, 3.8) is 0 Å². The molecule has 1 heterocycles. The molecule has 2 N–H and O–H groups in total. The molecule has 2 aromatic rings. The number of halogens is 2. The molecule has 0 aromatic heterocycles. The summed E-state index contributed by atoms with van der Waals surface area (Å²) in [5.74, 6) is 2.54. The van der Waals surface area contributed by atoms with Gasteiger partial charge < -0.3 is 4.55 Å². The van der Waals surface area contributed by atoms with Crippen molar-refractivity contribution in [1.29, 1.82) is 0 Å². The minimum absolute atomic E-state index is 0.00401. The van der Waals surface area contributed by atoms with Gasteiger partial charge in [-0.15, -0.1) is 0 Å². The van der Waals surface area contributed by atoms with Gasteiger partial charge in [0, 0.05) is 0 Å². The van der Waals surface area contributed by atoms with Gasteiger partial charge in [0.1, 0.15) is 20.4 Å². The first-order valence-electron chi connectivity index (χ1n) is 8.25. The minimum Gasteiger partial charge on any atom is -0.310 e. The number of anilines is 1. The van der Waals surface area contributed by atoms with E-state index in [9.17, 15) is 26.5 Å². The first-order valence-corrected chi connectivity index (χ1v) is 12.1. The van der Waals surface area contributed by atoms with E-state index in [4.69, 9.17) is 23.2 Å². The molecule has 10 nitrogen and oxygen atoms in total. The van der Waals surface area contributed by atoms with Gasteiger partial charge in [0.15, 0.2) is 6.04 Å². The molecule has 0 fully saturated rings. The Morgan fingerprint density at radius 3 is 2.39 bits per heavy atom. The number of carbonyl (C=O) groups is 1. The van der Waals surface area contributed by atoms with Crippen LogP contribution in [0.25, 0.3) is 0 Å². The van der Waals surface area contributed by atoms with E-state index in [1.54, 1.807) is 0 Å². The second-order valence-electron chi connectivity index (χ2n) is 6.36. The Balaban J connectivity index is 1.96. The Morgan fingerprint density at radius 1 is 1.13 bits per heavy atom. The summed E-state index contributed by atoms with van der Waals surface area (Å²) < 4.78 is 54.0. The molecular formula is C17H14Cl2N4O6S2. The second kappa shape index (κ2) is 8.30. The molecule has 0 aliphatic carbocycles. The lowest BCUT2D eigenvalue weighted by atomic mass is 10.2. The Labute approximate surface area is 187 Å². The predicted octanol–water partition coefficient (Wildman–Crippen LogP) is 3.66. The van der Waals surface area contributed by atoms with Gasteiger partial charge in [-0.05, 0) is 43.1 Å². The zero-order valence-corrected chi connectivity index (χ0v) is 18.8. The highest BCUT2D eigenvalue weighted by Crippen LogP contribution is 2.34. The molecule has 1 aliphatic rings. The van der Waals surface area contributed by atoms with Gasteiger partial charge in [-0.25, -0.2) is 4.21 Å². The van der Waals surface area contributed by atoms with Crippen LogP contribution in [0.5, 0.6) is 0 Å². The van der Waals surface area contributed by atoms with E-state index in [2.05, 4.69) is 21.2 Å². The number of hydrazone groups is 1. The maximum atomic E-state index is 12.8. The Bertz CT molecular complexity index is 1360. The van der Waals surface area contributed by atoms with Crippen LogP contribution in [0.15, 0.2) is 61.5 Å². The third-order valence-electron chi connectivity index (χ3n) is 4.09. The zero-order chi connectivity index (χ0) is 23.1. The first-order chi connectivity index (χ1) is 14.3. The molecular weight excluding hydrogens is 491 g/mol. The number of carbonyl (C=O) groups excluding carboxylic acids is 1. The summed E-state index contributed by atoms with van der Waals surface area (Å²) in [7, 11) is -8.20. The Morgan fingerprint density at radius 2 is 1.77 bits per heavy atom. The molecule has 0 saturated heterocycles. The van der Waals surface area contributed by atoms with E-state index in [-0.39, 0.29) is 32.0 Å². The lowest BCUT2D eigenvalue weighted by molar-refractivity contribution is -0.117. The second-order valence-corrected chi connectivity index (χ2v) is 10.3. The molecule has 1 aliphatic heterocycles. The fourth-order valence-corrected chi connectivity index (χ4v) is 4.22. The quantitative estimate of drug-likeness (QED) is 0.360. The largest absolute Gasteiger partial charge is 0.310 e. The highest BCUT2D eigenvalue weighted by molar-refractivity contribution is 7.95. The molecule has 0 radical (unpaired) electrons. The van der Waals surface area contributed by atoms with Gasteiger partial charge in [0.05, 0.1) is 26.3 Å². The molecule has 3 rings (SSSR count). The summed E-state index contributed by atoms with van der Waals surface area (Å²) in [4.78, 5) is 12.2. The summed E-state index contributed by atoms with van der Waals surface area (Å²) in [5.41, 5.74) is 0.111. The van der Waals surface area contributed by atoms with Gasteiger partial charge in [0.2, 0.25) is 0 Å². The predicted molar refractivity (Wildman–Crippen MR) is 118 cm³/mol. The number of rotatable bonds is 5. The monoisotopic (exact) mass is 504 g/mol. The number of benzene rings is 2. The van der Waals surface area contributed by atoms with Gasteiger partial charge in [0.25, 0.3) is 16.0 Å².